The summed E-state index contributed by atoms with van der Waals surface area (Å²) in [5.41, 5.74) is 12.3. The molecule has 0 atom stereocenters. The first-order valence-corrected chi connectivity index (χ1v) is 15.7. The molecule has 1 fully saturated rings. The molecule has 3 aromatic heterocycles. The topological polar surface area (TPSA) is 119 Å². The highest BCUT2D eigenvalue weighted by molar-refractivity contribution is 5.98. The highest BCUT2D eigenvalue weighted by Gasteiger charge is 2.20. The number of anilines is 1. The van der Waals surface area contributed by atoms with Gasteiger partial charge in [-0.15, -0.1) is 0 Å². The van der Waals surface area contributed by atoms with Gasteiger partial charge in [-0.05, 0) is 61.1 Å². The number of rotatable bonds is 10. The van der Waals surface area contributed by atoms with Crippen molar-refractivity contribution in [2.24, 2.45) is 5.92 Å². The van der Waals surface area contributed by atoms with Crippen molar-refractivity contribution in [1.29, 1.82) is 0 Å². The van der Waals surface area contributed by atoms with E-state index in [4.69, 9.17) is 19.9 Å². The van der Waals surface area contributed by atoms with Crippen molar-refractivity contribution in [1.82, 2.24) is 14.5 Å². The Hall–Kier alpha value is -5.28. The van der Waals surface area contributed by atoms with Gasteiger partial charge in [0.25, 0.3) is 0 Å². The van der Waals surface area contributed by atoms with Crippen LogP contribution in [0.25, 0.3) is 33.4 Å². The first-order chi connectivity index (χ1) is 22.8. The Bertz CT molecular complexity index is 1950. The maximum atomic E-state index is 13.7. The lowest BCUT2D eigenvalue weighted by Gasteiger charge is -2.23. The van der Waals surface area contributed by atoms with Crippen molar-refractivity contribution in [3.63, 3.8) is 0 Å². The normalized spacial score (nSPS) is 13.3. The second-order valence-corrected chi connectivity index (χ2v) is 11.9. The molecule has 9 heteroatoms. The Labute approximate surface area is 274 Å². The summed E-state index contributed by atoms with van der Waals surface area (Å²) in [6.07, 6.45) is 8.86. The molecule has 240 valence electrons. The molecule has 9 nitrogen and oxygen atoms in total. The van der Waals surface area contributed by atoms with Crippen molar-refractivity contribution in [2.45, 2.75) is 32.7 Å². The molecule has 1 saturated heterocycles. The van der Waals surface area contributed by atoms with Gasteiger partial charge in [-0.3, -0.25) is 14.6 Å². The number of nitrogens with two attached hydrogens (primary N) is 1. The van der Waals surface area contributed by atoms with Gasteiger partial charge in [0, 0.05) is 72.5 Å². The van der Waals surface area contributed by atoms with E-state index in [1.807, 2.05) is 72.3 Å². The molecule has 0 aliphatic carbocycles. The molecule has 1 aliphatic heterocycles. The monoisotopic (exact) mass is 630 g/mol. The van der Waals surface area contributed by atoms with Gasteiger partial charge >= 0.3 is 0 Å². The van der Waals surface area contributed by atoms with E-state index in [0.717, 1.165) is 53.9 Å². The largest absolute Gasteiger partial charge is 0.493 e. The Morgan fingerprint density at radius 3 is 2.26 bits per heavy atom. The molecule has 0 amide bonds. The van der Waals surface area contributed by atoms with Gasteiger partial charge in [-0.1, -0.05) is 42.0 Å². The SMILES string of the molecule is COc1ccc(-c2cnc(N)c(-c3ccc(CC(=O)c4cn(CC5CCOCC5)cc(-c5ccc(C)cc5)c4=O)nc3)c2)cc1OC. The Kier molecular flexibility index (Phi) is 9.45. The lowest BCUT2D eigenvalue weighted by atomic mass is 9.98. The lowest BCUT2D eigenvalue weighted by Crippen LogP contribution is -2.25. The summed E-state index contributed by atoms with van der Waals surface area (Å²) < 4.78 is 18.4. The minimum Gasteiger partial charge on any atom is -0.493 e. The van der Waals surface area contributed by atoms with Gasteiger partial charge in [0.1, 0.15) is 5.82 Å². The number of pyridine rings is 3. The average molecular weight is 631 g/mol. The van der Waals surface area contributed by atoms with Crippen molar-refractivity contribution in [3.8, 4) is 44.9 Å². The highest BCUT2D eigenvalue weighted by atomic mass is 16.5. The van der Waals surface area contributed by atoms with Gasteiger partial charge in [-0.2, -0.15) is 0 Å². The maximum Gasteiger partial charge on any atom is 0.200 e. The molecule has 0 bridgehead atoms. The molecule has 0 saturated carbocycles. The van der Waals surface area contributed by atoms with E-state index < -0.39 is 0 Å². The van der Waals surface area contributed by atoms with Crippen molar-refractivity contribution in [2.75, 3.05) is 33.2 Å². The number of nitrogen functional groups attached to an aromatic ring is 1. The number of carbonyl (C=O) groups excluding carboxylic acids is 1. The standard InChI is InChI=1S/C38H38N4O5/c1-24-4-6-26(7-5-24)32-22-42(21-25-12-14-47-15-13-25)23-33(37(32)44)34(43)18-30-10-8-28(19-40-30)31-16-29(20-41-38(31)39)27-9-11-35(45-2)36(17-27)46-3/h4-11,16-17,19-20,22-23,25H,12-15,18,21H2,1-3H3,(H2,39,41). The van der Waals surface area contributed by atoms with Gasteiger partial charge < -0.3 is 24.5 Å². The highest BCUT2D eigenvalue weighted by Crippen LogP contribution is 2.35. The third-order valence-electron chi connectivity index (χ3n) is 8.66. The number of hydrogen-bond acceptors (Lipinski definition) is 8. The van der Waals surface area contributed by atoms with Gasteiger partial charge in [-0.25, -0.2) is 4.98 Å². The fraction of sp³-hybridized carbons (Fsp3) is 0.263. The van der Waals surface area contributed by atoms with Crippen LogP contribution in [0.15, 0.2) is 90.2 Å². The van der Waals surface area contributed by atoms with E-state index in [-0.39, 0.29) is 23.2 Å². The zero-order valence-corrected chi connectivity index (χ0v) is 26.9. The zero-order chi connectivity index (χ0) is 32.9. The van der Waals surface area contributed by atoms with Crippen molar-refractivity contribution in [3.05, 3.63) is 112 Å². The summed E-state index contributed by atoms with van der Waals surface area (Å²) in [5.74, 6) is 1.74. The predicted octanol–water partition coefficient (Wildman–Crippen LogP) is 6.40. The molecule has 5 aromatic rings. The molecule has 6 rings (SSSR count). The molecular formula is C38H38N4O5. The number of benzene rings is 2. The van der Waals surface area contributed by atoms with Crippen LogP contribution in [-0.2, 0) is 17.7 Å². The number of methoxy groups -OCH3 is 2. The third kappa shape index (κ3) is 7.10. The van der Waals surface area contributed by atoms with E-state index in [1.54, 1.807) is 38.9 Å². The van der Waals surface area contributed by atoms with Crippen LogP contribution < -0.4 is 20.6 Å². The number of hydrogen-bond donors (Lipinski definition) is 1. The lowest BCUT2D eigenvalue weighted by molar-refractivity contribution is 0.0612. The average Bonchev–Trinajstić information content (AvgIpc) is 3.10. The van der Waals surface area contributed by atoms with Crippen LogP contribution in [0.1, 0.15) is 34.5 Å². The van der Waals surface area contributed by atoms with E-state index in [2.05, 4.69) is 9.97 Å². The van der Waals surface area contributed by atoms with Gasteiger partial charge in [0.2, 0.25) is 0 Å². The number of ketones is 1. The molecule has 2 aromatic carbocycles. The molecule has 4 heterocycles. The molecular weight excluding hydrogens is 592 g/mol. The van der Waals surface area contributed by atoms with Crippen LogP contribution in [0.5, 0.6) is 11.5 Å². The summed E-state index contributed by atoms with van der Waals surface area (Å²) in [5, 5.41) is 0. The second-order valence-electron chi connectivity index (χ2n) is 11.9. The smallest absolute Gasteiger partial charge is 0.200 e. The number of aryl methyl sites for hydroxylation is 1. The molecule has 1 aliphatic rings. The quantitative estimate of drug-likeness (QED) is 0.176. The molecule has 2 N–H and O–H groups in total. The third-order valence-corrected chi connectivity index (χ3v) is 8.66. The first kappa shape index (κ1) is 31.7. The Morgan fingerprint density at radius 1 is 0.851 bits per heavy atom. The van der Waals surface area contributed by atoms with Crippen LogP contribution in [0.2, 0.25) is 0 Å². The van der Waals surface area contributed by atoms with Crippen LogP contribution in [0, 0.1) is 12.8 Å². The second kappa shape index (κ2) is 14.0. The minimum atomic E-state index is -0.276. The fourth-order valence-corrected chi connectivity index (χ4v) is 5.93. The van der Waals surface area contributed by atoms with Crippen LogP contribution in [0.4, 0.5) is 5.82 Å². The predicted molar refractivity (Wildman–Crippen MR) is 183 cm³/mol. The van der Waals surface area contributed by atoms with Crippen LogP contribution in [0.3, 0.4) is 0 Å². The summed E-state index contributed by atoms with van der Waals surface area (Å²) in [6.45, 7) is 4.18. The summed E-state index contributed by atoms with van der Waals surface area (Å²) in [4.78, 5) is 36.4. The molecule has 0 spiro atoms. The van der Waals surface area contributed by atoms with Crippen molar-refractivity contribution < 1.29 is 19.0 Å². The van der Waals surface area contributed by atoms with E-state index in [0.29, 0.717) is 46.6 Å². The van der Waals surface area contributed by atoms with Gasteiger partial charge in [0.15, 0.2) is 22.7 Å². The van der Waals surface area contributed by atoms with E-state index in [1.165, 1.54) is 0 Å². The number of ether oxygens (including phenoxy) is 3. The van der Waals surface area contributed by atoms with Crippen LogP contribution >= 0.6 is 0 Å². The first-order valence-electron chi connectivity index (χ1n) is 15.7. The van der Waals surface area contributed by atoms with E-state index in [9.17, 15) is 9.59 Å². The summed E-state index contributed by atoms with van der Waals surface area (Å²) >= 11 is 0. The molecule has 0 unspecified atom stereocenters. The number of Topliss-reactive ketones (excluding diaryl/α,β-unsaturated/α-hetero) is 1. The number of nitrogens with zero attached hydrogens (tertiary/aromatic N) is 3. The minimum absolute atomic E-state index is 0.0104. The Balaban J connectivity index is 1.26. The van der Waals surface area contributed by atoms with E-state index >= 15 is 0 Å². The summed E-state index contributed by atoms with van der Waals surface area (Å²) in [7, 11) is 3.19. The number of aromatic nitrogens is 3. The van der Waals surface area contributed by atoms with Gasteiger partial charge in [0.05, 0.1) is 26.2 Å². The van der Waals surface area contributed by atoms with Crippen molar-refractivity contribution >= 4 is 11.6 Å². The number of carbonyl (C=O) groups is 1. The Morgan fingerprint density at radius 2 is 1.55 bits per heavy atom. The zero-order valence-electron chi connectivity index (χ0n) is 26.9. The summed E-state index contributed by atoms with van der Waals surface area (Å²) in [6, 6.07) is 19.1. The molecule has 47 heavy (non-hydrogen) atoms. The van der Waals surface area contributed by atoms with Crippen LogP contribution in [-0.4, -0.2) is 47.8 Å². The maximum absolute atomic E-state index is 13.7. The molecule has 0 radical (unpaired) electrons. The fourth-order valence-electron chi connectivity index (χ4n) is 5.93.